The zero-order chi connectivity index (χ0) is 6.27. The third kappa shape index (κ3) is 0.775. The van der Waals surface area contributed by atoms with Crippen LogP contribution < -0.4 is 5.73 Å². The summed E-state index contributed by atoms with van der Waals surface area (Å²) in [5, 5.41) is 0. The van der Waals surface area contributed by atoms with E-state index in [1.165, 1.54) is 12.8 Å². The van der Waals surface area contributed by atoms with Crippen LogP contribution >= 0.6 is 0 Å². The van der Waals surface area contributed by atoms with Crippen LogP contribution in [-0.4, -0.2) is 18.8 Å². The number of ether oxygens (including phenoxy) is 1. The lowest BCUT2D eigenvalue weighted by molar-refractivity contribution is -0.0943. The van der Waals surface area contributed by atoms with Gasteiger partial charge in [-0.15, -0.1) is 0 Å². The van der Waals surface area contributed by atoms with Gasteiger partial charge in [-0.05, 0) is 19.3 Å². The van der Waals surface area contributed by atoms with Crippen LogP contribution in [0.4, 0.5) is 0 Å². The lowest BCUT2D eigenvalue weighted by atomic mass is 9.73. The molecule has 1 aliphatic heterocycles. The molecule has 0 amide bonds. The Morgan fingerprint density at radius 2 is 2.33 bits per heavy atom. The van der Waals surface area contributed by atoms with Crippen LogP contribution in [0.15, 0.2) is 0 Å². The Labute approximate surface area is 55.4 Å². The van der Waals surface area contributed by atoms with Crippen LogP contribution in [0, 0.1) is 5.92 Å². The Hall–Kier alpha value is -0.0800. The Morgan fingerprint density at radius 1 is 1.44 bits per heavy atom. The molecule has 0 spiro atoms. The first kappa shape index (κ1) is 5.69. The summed E-state index contributed by atoms with van der Waals surface area (Å²) in [7, 11) is 0. The molecule has 1 saturated carbocycles. The highest BCUT2D eigenvalue weighted by molar-refractivity contribution is 4.94. The summed E-state index contributed by atoms with van der Waals surface area (Å²) in [5.74, 6) is 0.707. The Bertz CT molecular complexity index is 113. The molecule has 0 aromatic rings. The molecular formula is C7H13NO. The third-order valence-electron chi connectivity index (χ3n) is 2.55. The molecule has 1 heterocycles. The summed E-state index contributed by atoms with van der Waals surface area (Å²) in [6.45, 7) is 0.966. The van der Waals surface area contributed by atoms with Gasteiger partial charge in [0.1, 0.15) is 0 Å². The zero-order valence-corrected chi connectivity index (χ0v) is 5.55. The summed E-state index contributed by atoms with van der Waals surface area (Å²) in [6.07, 6.45) is 4.15. The van der Waals surface area contributed by atoms with Crippen LogP contribution in [0.25, 0.3) is 0 Å². The van der Waals surface area contributed by atoms with Crippen molar-refractivity contribution < 1.29 is 4.74 Å². The van der Waals surface area contributed by atoms with E-state index in [0.717, 1.165) is 13.0 Å². The maximum absolute atomic E-state index is 5.75. The lowest BCUT2D eigenvalue weighted by Gasteiger charge is -2.45. The van der Waals surface area contributed by atoms with Crippen molar-refractivity contribution in [2.24, 2.45) is 11.7 Å². The van der Waals surface area contributed by atoms with Gasteiger partial charge in [-0.25, -0.2) is 0 Å². The Balaban J connectivity index is 1.94. The molecule has 0 aromatic carbocycles. The van der Waals surface area contributed by atoms with Gasteiger partial charge in [-0.2, -0.15) is 0 Å². The van der Waals surface area contributed by atoms with Gasteiger partial charge >= 0.3 is 0 Å². The second kappa shape index (κ2) is 1.96. The number of hydrogen-bond donors (Lipinski definition) is 1. The van der Waals surface area contributed by atoms with Gasteiger partial charge in [0.25, 0.3) is 0 Å². The number of hydrogen-bond acceptors (Lipinski definition) is 2. The van der Waals surface area contributed by atoms with E-state index >= 15 is 0 Å². The molecule has 2 heteroatoms. The van der Waals surface area contributed by atoms with E-state index in [4.69, 9.17) is 10.5 Å². The average Bonchev–Trinajstić information content (AvgIpc) is 1.86. The summed E-state index contributed by atoms with van der Waals surface area (Å²) < 4.78 is 5.47. The second-order valence-electron chi connectivity index (χ2n) is 3.11. The molecule has 2 rings (SSSR count). The van der Waals surface area contributed by atoms with Crippen molar-refractivity contribution in [3.05, 3.63) is 0 Å². The topological polar surface area (TPSA) is 35.2 Å². The summed E-state index contributed by atoms with van der Waals surface area (Å²) in [6, 6.07) is 0.454. The maximum atomic E-state index is 5.75. The van der Waals surface area contributed by atoms with Crippen LogP contribution in [0.5, 0.6) is 0 Å². The molecule has 0 radical (unpaired) electrons. The predicted molar refractivity (Wildman–Crippen MR) is 35.1 cm³/mol. The zero-order valence-electron chi connectivity index (χ0n) is 5.55. The van der Waals surface area contributed by atoms with E-state index < -0.39 is 0 Å². The first-order chi connectivity index (χ1) is 4.38. The molecule has 2 nitrogen and oxygen atoms in total. The highest BCUT2D eigenvalue weighted by atomic mass is 16.5. The highest BCUT2D eigenvalue weighted by Crippen LogP contribution is 2.36. The average molecular weight is 127 g/mol. The van der Waals surface area contributed by atoms with Gasteiger partial charge in [0, 0.05) is 18.6 Å². The molecular weight excluding hydrogens is 114 g/mol. The van der Waals surface area contributed by atoms with Gasteiger partial charge in [0.2, 0.25) is 0 Å². The molecule has 0 aromatic heterocycles. The summed E-state index contributed by atoms with van der Waals surface area (Å²) in [5.41, 5.74) is 5.75. The van der Waals surface area contributed by atoms with E-state index in [0.29, 0.717) is 18.1 Å². The van der Waals surface area contributed by atoms with Crippen molar-refractivity contribution in [3.63, 3.8) is 0 Å². The van der Waals surface area contributed by atoms with Crippen molar-refractivity contribution >= 4 is 0 Å². The van der Waals surface area contributed by atoms with Crippen LogP contribution in [0.3, 0.4) is 0 Å². The monoisotopic (exact) mass is 127 g/mol. The minimum atomic E-state index is 0.454. The number of rotatable bonds is 0. The van der Waals surface area contributed by atoms with Gasteiger partial charge in [-0.3, -0.25) is 0 Å². The minimum Gasteiger partial charge on any atom is -0.378 e. The van der Waals surface area contributed by atoms with Gasteiger partial charge in [-0.1, -0.05) is 0 Å². The molecule has 1 aliphatic carbocycles. The van der Waals surface area contributed by atoms with Crippen molar-refractivity contribution in [1.82, 2.24) is 0 Å². The number of nitrogens with two attached hydrogens (primary N) is 1. The van der Waals surface area contributed by atoms with E-state index in [-0.39, 0.29) is 0 Å². The lowest BCUT2D eigenvalue weighted by Crippen LogP contribution is -2.54. The fraction of sp³-hybridized carbons (Fsp3) is 1.00. The van der Waals surface area contributed by atoms with E-state index in [1.54, 1.807) is 0 Å². The van der Waals surface area contributed by atoms with Gasteiger partial charge in [0.05, 0.1) is 6.10 Å². The molecule has 3 atom stereocenters. The Kier molecular flexibility index (Phi) is 1.24. The van der Waals surface area contributed by atoms with E-state index in [2.05, 4.69) is 0 Å². The van der Waals surface area contributed by atoms with Crippen LogP contribution in [0.2, 0.25) is 0 Å². The molecule has 52 valence electrons. The fourth-order valence-corrected chi connectivity index (χ4v) is 1.84. The van der Waals surface area contributed by atoms with E-state index in [1.807, 2.05) is 0 Å². The largest absolute Gasteiger partial charge is 0.378 e. The van der Waals surface area contributed by atoms with Gasteiger partial charge in [0.15, 0.2) is 0 Å². The quantitative estimate of drug-likeness (QED) is 0.514. The summed E-state index contributed by atoms with van der Waals surface area (Å²) >= 11 is 0. The molecule has 0 bridgehead atoms. The van der Waals surface area contributed by atoms with Crippen molar-refractivity contribution in [3.8, 4) is 0 Å². The standard InChI is InChI=1S/C7H13NO/c8-6-4-7-5(6)2-1-3-9-7/h5-7H,1-4,8H2/t5-,6+,7+/m1/s1. The molecule has 2 aliphatic rings. The first-order valence-corrected chi connectivity index (χ1v) is 3.75. The number of fused-ring (bicyclic) bond motifs is 1. The smallest absolute Gasteiger partial charge is 0.0632 e. The predicted octanol–water partition coefficient (Wildman–Crippen LogP) is 0.513. The van der Waals surface area contributed by atoms with Crippen LogP contribution in [0.1, 0.15) is 19.3 Å². The first-order valence-electron chi connectivity index (χ1n) is 3.75. The highest BCUT2D eigenvalue weighted by Gasteiger charge is 2.40. The SMILES string of the molecule is N[C@H]1C[C@@H]2OCCC[C@@H]21. The third-order valence-corrected chi connectivity index (χ3v) is 2.55. The van der Waals surface area contributed by atoms with E-state index in [9.17, 15) is 0 Å². The fourth-order valence-electron chi connectivity index (χ4n) is 1.84. The molecule has 2 fully saturated rings. The molecule has 2 N–H and O–H groups in total. The summed E-state index contributed by atoms with van der Waals surface area (Å²) in [4.78, 5) is 0. The minimum absolute atomic E-state index is 0.454. The molecule has 0 unspecified atom stereocenters. The van der Waals surface area contributed by atoms with Crippen molar-refractivity contribution in [2.45, 2.75) is 31.4 Å². The Morgan fingerprint density at radius 3 is 2.89 bits per heavy atom. The molecule has 9 heavy (non-hydrogen) atoms. The van der Waals surface area contributed by atoms with Crippen molar-refractivity contribution in [1.29, 1.82) is 0 Å². The van der Waals surface area contributed by atoms with Crippen LogP contribution in [-0.2, 0) is 4.74 Å². The molecule has 1 saturated heterocycles. The van der Waals surface area contributed by atoms with Gasteiger partial charge < -0.3 is 10.5 Å². The second-order valence-corrected chi connectivity index (χ2v) is 3.11. The maximum Gasteiger partial charge on any atom is 0.0632 e. The van der Waals surface area contributed by atoms with Crippen molar-refractivity contribution in [2.75, 3.05) is 6.61 Å². The normalized spacial score (nSPS) is 49.7.